The SMILES string of the molecule is CN1CC(=O)N(CC(=O)Nc2ccc(F)cc2F)c2ccccc2C1=O. The Morgan fingerprint density at radius 3 is 2.62 bits per heavy atom. The molecule has 6 nitrogen and oxygen atoms in total. The lowest BCUT2D eigenvalue weighted by Gasteiger charge is -2.21. The average molecular weight is 359 g/mol. The molecule has 1 aliphatic rings. The van der Waals surface area contributed by atoms with E-state index >= 15 is 0 Å². The van der Waals surface area contributed by atoms with Crippen LogP contribution in [-0.2, 0) is 9.59 Å². The quantitative estimate of drug-likeness (QED) is 0.912. The summed E-state index contributed by atoms with van der Waals surface area (Å²) in [6.45, 7) is -0.598. The van der Waals surface area contributed by atoms with E-state index in [0.29, 0.717) is 17.3 Å². The predicted octanol–water partition coefficient (Wildman–Crippen LogP) is 2.02. The molecule has 8 heteroatoms. The molecule has 2 aromatic rings. The lowest BCUT2D eigenvalue weighted by Crippen LogP contribution is -2.41. The first kappa shape index (κ1) is 17.5. The van der Waals surface area contributed by atoms with Gasteiger partial charge in [0.25, 0.3) is 5.91 Å². The summed E-state index contributed by atoms with van der Waals surface area (Å²) in [5, 5.41) is 2.31. The summed E-state index contributed by atoms with van der Waals surface area (Å²) >= 11 is 0. The molecular formula is C18H15F2N3O3. The van der Waals surface area contributed by atoms with Gasteiger partial charge in [-0.15, -0.1) is 0 Å². The van der Waals surface area contributed by atoms with Crippen molar-refractivity contribution in [1.29, 1.82) is 0 Å². The van der Waals surface area contributed by atoms with Crippen LogP contribution >= 0.6 is 0 Å². The van der Waals surface area contributed by atoms with E-state index in [1.165, 1.54) is 16.8 Å². The number of rotatable bonds is 3. The van der Waals surface area contributed by atoms with E-state index in [1.54, 1.807) is 24.3 Å². The first-order valence-corrected chi connectivity index (χ1v) is 7.76. The van der Waals surface area contributed by atoms with Gasteiger partial charge in [-0.25, -0.2) is 8.78 Å². The summed E-state index contributed by atoms with van der Waals surface area (Å²) in [4.78, 5) is 39.5. The van der Waals surface area contributed by atoms with Crippen LogP contribution in [-0.4, -0.2) is 42.8 Å². The minimum atomic E-state index is -0.921. The topological polar surface area (TPSA) is 69.7 Å². The first-order valence-electron chi connectivity index (χ1n) is 7.76. The second-order valence-electron chi connectivity index (χ2n) is 5.83. The molecule has 0 aliphatic carbocycles. The Morgan fingerprint density at radius 1 is 1.15 bits per heavy atom. The lowest BCUT2D eigenvalue weighted by atomic mass is 10.1. The minimum absolute atomic E-state index is 0.189. The van der Waals surface area contributed by atoms with E-state index in [1.807, 2.05) is 0 Å². The normalized spacial score (nSPS) is 14.1. The van der Waals surface area contributed by atoms with Crippen LogP contribution in [0.2, 0.25) is 0 Å². The predicted molar refractivity (Wildman–Crippen MR) is 90.7 cm³/mol. The number of anilines is 2. The Morgan fingerprint density at radius 2 is 1.88 bits per heavy atom. The monoisotopic (exact) mass is 359 g/mol. The number of amides is 3. The van der Waals surface area contributed by atoms with Crippen LogP contribution in [0.4, 0.5) is 20.2 Å². The van der Waals surface area contributed by atoms with Gasteiger partial charge in [0.1, 0.15) is 24.7 Å². The summed E-state index contributed by atoms with van der Waals surface area (Å²) < 4.78 is 26.6. The van der Waals surface area contributed by atoms with Crippen LogP contribution in [0.15, 0.2) is 42.5 Å². The Balaban J connectivity index is 1.85. The number of fused-ring (bicyclic) bond motifs is 1. The molecule has 2 aromatic carbocycles. The third-order valence-corrected chi connectivity index (χ3v) is 3.95. The number of halogens is 2. The van der Waals surface area contributed by atoms with E-state index in [9.17, 15) is 23.2 Å². The zero-order valence-corrected chi connectivity index (χ0v) is 13.8. The molecule has 0 atom stereocenters. The molecule has 0 radical (unpaired) electrons. The summed E-state index contributed by atoms with van der Waals surface area (Å²) in [5.41, 5.74) is 0.406. The van der Waals surface area contributed by atoms with Crippen molar-refractivity contribution in [2.45, 2.75) is 0 Å². The van der Waals surface area contributed by atoms with Gasteiger partial charge in [-0.05, 0) is 24.3 Å². The molecule has 0 aromatic heterocycles. The van der Waals surface area contributed by atoms with Crippen molar-refractivity contribution in [3.63, 3.8) is 0 Å². The Labute approximate surface area is 148 Å². The van der Waals surface area contributed by atoms with Gasteiger partial charge in [-0.2, -0.15) is 0 Å². The largest absolute Gasteiger partial charge is 0.332 e. The second kappa shape index (κ2) is 6.91. The zero-order chi connectivity index (χ0) is 18.8. The maximum Gasteiger partial charge on any atom is 0.256 e. The number of nitrogens with zero attached hydrogens (tertiary/aromatic N) is 2. The molecule has 0 spiro atoms. The average Bonchev–Trinajstić information content (AvgIpc) is 2.68. The van der Waals surface area contributed by atoms with Crippen molar-refractivity contribution in [2.75, 3.05) is 30.4 Å². The highest BCUT2D eigenvalue weighted by molar-refractivity contribution is 6.12. The van der Waals surface area contributed by atoms with Crippen LogP contribution < -0.4 is 10.2 Å². The van der Waals surface area contributed by atoms with Gasteiger partial charge in [0.15, 0.2) is 0 Å². The van der Waals surface area contributed by atoms with E-state index in [0.717, 1.165) is 12.1 Å². The Bertz CT molecular complexity index is 901. The van der Waals surface area contributed by atoms with Crippen molar-refractivity contribution in [1.82, 2.24) is 4.90 Å². The summed E-state index contributed by atoms with van der Waals surface area (Å²) in [6.07, 6.45) is 0. The van der Waals surface area contributed by atoms with Crippen molar-refractivity contribution in [3.8, 4) is 0 Å². The van der Waals surface area contributed by atoms with Gasteiger partial charge in [-0.3, -0.25) is 14.4 Å². The fourth-order valence-electron chi connectivity index (χ4n) is 2.69. The van der Waals surface area contributed by atoms with Crippen LogP contribution in [0, 0.1) is 11.6 Å². The Hall–Kier alpha value is -3.29. The fraction of sp³-hybridized carbons (Fsp3) is 0.167. The highest BCUT2D eigenvalue weighted by Gasteiger charge is 2.30. The van der Waals surface area contributed by atoms with Gasteiger partial charge in [0.2, 0.25) is 11.8 Å². The summed E-state index contributed by atoms with van der Waals surface area (Å²) in [7, 11) is 1.49. The van der Waals surface area contributed by atoms with Crippen molar-refractivity contribution in [3.05, 3.63) is 59.7 Å². The van der Waals surface area contributed by atoms with Crippen molar-refractivity contribution < 1.29 is 23.2 Å². The van der Waals surface area contributed by atoms with Crippen molar-refractivity contribution in [2.24, 2.45) is 0 Å². The van der Waals surface area contributed by atoms with Crippen LogP contribution in [0.1, 0.15) is 10.4 Å². The highest BCUT2D eigenvalue weighted by Crippen LogP contribution is 2.25. The molecule has 1 aliphatic heterocycles. The van der Waals surface area contributed by atoms with Gasteiger partial charge in [0.05, 0.1) is 16.9 Å². The molecule has 0 saturated heterocycles. The van der Waals surface area contributed by atoms with Gasteiger partial charge in [0, 0.05) is 13.1 Å². The number of benzene rings is 2. The van der Waals surface area contributed by atoms with Gasteiger partial charge in [-0.1, -0.05) is 12.1 Å². The second-order valence-corrected chi connectivity index (χ2v) is 5.83. The zero-order valence-electron chi connectivity index (χ0n) is 13.8. The van der Waals surface area contributed by atoms with Crippen LogP contribution in [0.5, 0.6) is 0 Å². The summed E-state index contributed by atoms with van der Waals surface area (Å²) in [5.74, 6) is -3.13. The molecule has 26 heavy (non-hydrogen) atoms. The standard InChI is InChI=1S/C18H15F2N3O3/c1-22-10-17(25)23(15-5-3-2-4-12(15)18(22)26)9-16(24)21-14-7-6-11(19)8-13(14)20/h2-8H,9-10H2,1H3,(H,21,24). The fourth-order valence-corrected chi connectivity index (χ4v) is 2.69. The third-order valence-electron chi connectivity index (χ3n) is 3.95. The molecule has 1 N–H and O–H groups in total. The van der Waals surface area contributed by atoms with E-state index in [2.05, 4.69) is 5.32 Å². The minimum Gasteiger partial charge on any atom is -0.332 e. The van der Waals surface area contributed by atoms with E-state index in [4.69, 9.17) is 0 Å². The molecule has 3 amide bonds. The highest BCUT2D eigenvalue weighted by atomic mass is 19.1. The lowest BCUT2D eigenvalue weighted by molar-refractivity contribution is -0.121. The van der Waals surface area contributed by atoms with Crippen LogP contribution in [0.25, 0.3) is 0 Å². The third kappa shape index (κ3) is 3.39. The maximum absolute atomic E-state index is 13.7. The molecule has 0 bridgehead atoms. The molecule has 1 heterocycles. The maximum atomic E-state index is 13.7. The molecule has 134 valence electrons. The van der Waals surface area contributed by atoms with Crippen molar-refractivity contribution >= 4 is 29.1 Å². The molecular weight excluding hydrogens is 344 g/mol. The molecule has 0 saturated carbocycles. The molecule has 3 rings (SSSR count). The van der Waals surface area contributed by atoms with Gasteiger partial charge < -0.3 is 15.1 Å². The number of carbonyl (C=O) groups is 3. The number of carbonyl (C=O) groups excluding carboxylic acids is 3. The molecule has 0 unspecified atom stereocenters. The molecule has 0 fully saturated rings. The van der Waals surface area contributed by atoms with E-state index < -0.39 is 30.0 Å². The first-order chi connectivity index (χ1) is 12.4. The number of hydrogen-bond acceptors (Lipinski definition) is 3. The Kier molecular flexibility index (Phi) is 4.66. The number of para-hydroxylation sites is 1. The smallest absolute Gasteiger partial charge is 0.256 e. The number of likely N-dealkylation sites (N-methyl/N-ethyl adjacent to an activating group) is 1. The van der Waals surface area contributed by atoms with Gasteiger partial charge >= 0.3 is 0 Å². The van der Waals surface area contributed by atoms with E-state index in [-0.39, 0.29) is 18.1 Å². The van der Waals surface area contributed by atoms with Crippen LogP contribution in [0.3, 0.4) is 0 Å². The number of nitrogens with one attached hydrogen (secondary N) is 1. The summed E-state index contributed by atoms with van der Waals surface area (Å²) in [6, 6.07) is 9.20. The number of hydrogen-bond donors (Lipinski definition) is 1.